The molecule has 2 rings (SSSR count). The smallest absolute Gasteiger partial charge is 0.142 e. The monoisotopic (exact) mass is 153 g/mol. The van der Waals surface area contributed by atoms with Crippen molar-refractivity contribution in [1.29, 1.82) is 0 Å². The first-order valence-corrected chi connectivity index (χ1v) is 4.51. The van der Waals surface area contributed by atoms with Crippen LogP contribution in [0.25, 0.3) is 0 Å². The van der Waals surface area contributed by atoms with E-state index in [2.05, 4.69) is 12.1 Å². The molecule has 0 bridgehead atoms. The molecule has 2 nitrogen and oxygen atoms in total. The van der Waals surface area contributed by atoms with E-state index in [4.69, 9.17) is 4.84 Å². The summed E-state index contributed by atoms with van der Waals surface area (Å²) in [6, 6.07) is 0. The molecule has 0 aromatic carbocycles. The van der Waals surface area contributed by atoms with Crippen molar-refractivity contribution in [3.63, 3.8) is 0 Å². The summed E-state index contributed by atoms with van der Waals surface area (Å²) in [5, 5.41) is 3.86. The minimum atomic E-state index is 0.0521. The van der Waals surface area contributed by atoms with E-state index in [1.54, 1.807) is 0 Å². The second-order valence-corrected chi connectivity index (χ2v) is 3.88. The molecule has 1 aliphatic carbocycles. The van der Waals surface area contributed by atoms with Gasteiger partial charge < -0.3 is 4.84 Å². The predicted octanol–water partition coefficient (Wildman–Crippen LogP) is 2.34. The summed E-state index contributed by atoms with van der Waals surface area (Å²) < 4.78 is 0. The number of hydrogen-bond donors (Lipinski definition) is 0. The summed E-state index contributed by atoms with van der Waals surface area (Å²) in [6.45, 7) is 2.19. The molecule has 2 heteroatoms. The molecule has 0 aromatic heterocycles. The molecule has 1 heterocycles. The molecule has 0 N–H and O–H groups in total. The predicted molar refractivity (Wildman–Crippen MR) is 44.6 cm³/mol. The molecule has 1 atom stereocenters. The number of hydrogen-bond acceptors (Lipinski definition) is 2. The van der Waals surface area contributed by atoms with Gasteiger partial charge >= 0.3 is 0 Å². The number of rotatable bonds is 1. The standard InChI is InChI=1S/C9H15NO/c1-9(6-7-10-11-9)8-4-2-3-5-8/h7-8H,2-6H2,1H3. The van der Waals surface area contributed by atoms with Crippen LogP contribution in [-0.4, -0.2) is 11.8 Å². The van der Waals surface area contributed by atoms with E-state index in [1.165, 1.54) is 25.7 Å². The van der Waals surface area contributed by atoms with Gasteiger partial charge in [-0.2, -0.15) is 0 Å². The second kappa shape index (κ2) is 2.50. The molecule has 11 heavy (non-hydrogen) atoms. The maximum absolute atomic E-state index is 5.39. The van der Waals surface area contributed by atoms with Crippen molar-refractivity contribution in [2.75, 3.05) is 0 Å². The maximum Gasteiger partial charge on any atom is 0.142 e. The molecule has 0 radical (unpaired) electrons. The van der Waals surface area contributed by atoms with Crippen molar-refractivity contribution in [3.05, 3.63) is 0 Å². The Hall–Kier alpha value is -0.530. The Morgan fingerprint density at radius 2 is 2.18 bits per heavy atom. The number of oxime groups is 1. The van der Waals surface area contributed by atoms with E-state index < -0.39 is 0 Å². The van der Waals surface area contributed by atoms with E-state index in [0.29, 0.717) is 0 Å². The van der Waals surface area contributed by atoms with Gasteiger partial charge in [-0.1, -0.05) is 18.0 Å². The third-order valence-corrected chi connectivity index (χ3v) is 3.05. The van der Waals surface area contributed by atoms with Crippen molar-refractivity contribution in [2.45, 2.75) is 44.6 Å². The van der Waals surface area contributed by atoms with E-state index >= 15 is 0 Å². The van der Waals surface area contributed by atoms with Crippen molar-refractivity contribution in [1.82, 2.24) is 0 Å². The Kier molecular flexibility index (Phi) is 1.63. The third kappa shape index (κ3) is 1.15. The Morgan fingerprint density at radius 3 is 2.73 bits per heavy atom. The zero-order valence-corrected chi connectivity index (χ0v) is 7.05. The maximum atomic E-state index is 5.39. The van der Waals surface area contributed by atoms with Gasteiger partial charge in [0.05, 0.1) is 0 Å². The molecule has 1 fully saturated rings. The van der Waals surface area contributed by atoms with E-state index in [-0.39, 0.29) is 5.60 Å². The minimum Gasteiger partial charge on any atom is -0.389 e. The van der Waals surface area contributed by atoms with Crippen LogP contribution in [0.15, 0.2) is 5.16 Å². The number of nitrogens with zero attached hydrogens (tertiary/aromatic N) is 1. The topological polar surface area (TPSA) is 21.6 Å². The van der Waals surface area contributed by atoms with E-state index in [1.807, 2.05) is 6.21 Å². The quantitative estimate of drug-likeness (QED) is 0.566. The SMILES string of the molecule is CC1(C2CCCC2)CC=NO1. The lowest BCUT2D eigenvalue weighted by Gasteiger charge is -2.27. The highest BCUT2D eigenvalue weighted by Crippen LogP contribution is 2.39. The summed E-state index contributed by atoms with van der Waals surface area (Å²) >= 11 is 0. The van der Waals surface area contributed by atoms with Crippen LogP contribution in [0.2, 0.25) is 0 Å². The molecule has 1 saturated carbocycles. The average Bonchev–Trinajstić information content (AvgIpc) is 2.55. The molecule has 0 saturated heterocycles. The van der Waals surface area contributed by atoms with E-state index in [0.717, 1.165) is 12.3 Å². The lowest BCUT2D eigenvalue weighted by Crippen LogP contribution is -2.32. The minimum absolute atomic E-state index is 0.0521. The van der Waals surface area contributed by atoms with Gasteiger partial charge in [-0.3, -0.25) is 0 Å². The van der Waals surface area contributed by atoms with Gasteiger partial charge in [0, 0.05) is 18.6 Å². The molecule has 0 amide bonds. The summed E-state index contributed by atoms with van der Waals surface area (Å²) in [4.78, 5) is 5.39. The van der Waals surface area contributed by atoms with Crippen LogP contribution in [0.5, 0.6) is 0 Å². The zero-order valence-electron chi connectivity index (χ0n) is 7.05. The fourth-order valence-corrected chi connectivity index (χ4v) is 2.19. The highest BCUT2D eigenvalue weighted by atomic mass is 16.7. The van der Waals surface area contributed by atoms with Crippen LogP contribution in [-0.2, 0) is 4.84 Å². The first-order chi connectivity index (χ1) is 5.31. The highest BCUT2D eigenvalue weighted by molar-refractivity contribution is 5.59. The largest absolute Gasteiger partial charge is 0.389 e. The second-order valence-electron chi connectivity index (χ2n) is 3.88. The van der Waals surface area contributed by atoms with Gasteiger partial charge in [-0.05, 0) is 19.8 Å². The fourth-order valence-electron chi connectivity index (χ4n) is 2.19. The lowest BCUT2D eigenvalue weighted by atomic mass is 9.86. The molecular formula is C9H15NO. The average molecular weight is 153 g/mol. The van der Waals surface area contributed by atoms with Crippen molar-refractivity contribution in [3.8, 4) is 0 Å². The van der Waals surface area contributed by atoms with Gasteiger partial charge in [0.1, 0.15) is 5.60 Å². The van der Waals surface area contributed by atoms with Crippen molar-refractivity contribution >= 4 is 6.21 Å². The van der Waals surface area contributed by atoms with Gasteiger partial charge in [-0.15, -0.1) is 0 Å². The van der Waals surface area contributed by atoms with Crippen LogP contribution >= 0.6 is 0 Å². The van der Waals surface area contributed by atoms with Gasteiger partial charge in [0.2, 0.25) is 0 Å². The van der Waals surface area contributed by atoms with Crippen molar-refractivity contribution in [2.24, 2.45) is 11.1 Å². The lowest BCUT2D eigenvalue weighted by molar-refractivity contribution is -0.0473. The normalized spacial score (nSPS) is 37.9. The Bertz CT molecular complexity index is 162. The summed E-state index contributed by atoms with van der Waals surface area (Å²) in [6.07, 6.45) is 8.34. The van der Waals surface area contributed by atoms with Crippen LogP contribution < -0.4 is 0 Å². The molecule has 1 unspecified atom stereocenters. The molecule has 0 aromatic rings. The third-order valence-electron chi connectivity index (χ3n) is 3.05. The Morgan fingerprint density at radius 1 is 1.45 bits per heavy atom. The van der Waals surface area contributed by atoms with Crippen LogP contribution in [0.1, 0.15) is 39.0 Å². The van der Waals surface area contributed by atoms with Crippen molar-refractivity contribution < 1.29 is 4.84 Å². The first kappa shape index (κ1) is 7.14. The molecule has 1 aliphatic heterocycles. The highest BCUT2D eigenvalue weighted by Gasteiger charge is 2.39. The van der Waals surface area contributed by atoms with E-state index in [9.17, 15) is 0 Å². The fraction of sp³-hybridized carbons (Fsp3) is 0.889. The van der Waals surface area contributed by atoms with Gasteiger partial charge in [0.25, 0.3) is 0 Å². The van der Waals surface area contributed by atoms with Gasteiger partial charge in [0.15, 0.2) is 0 Å². The van der Waals surface area contributed by atoms with Crippen LogP contribution in [0.3, 0.4) is 0 Å². The molecule has 0 spiro atoms. The van der Waals surface area contributed by atoms with Crippen LogP contribution in [0, 0.1) is 5.92 Å². The Balaban J connectivity index is 2.01. The summed E-state index contributed by atoms with van der Waals surface area (Å²) in [5.41, 5.74) is 0.0521. The van der Waals surface area contributed by atoms with Gasteiger partial charge in [-0.25, -0.2) is 0 Å². The summed E-state index contributed by atoms with van der Waals surface area (Å²) in [5.74, 6) is 0.755. The van der Waals surface area contributed by atoms with Crippen LogP contribution in [0.4, 0.5) is 0 Å². The molecular weight excluding hydrogens is 138 g/mol. The first-order valence-electron chi connectivity index (χ1n) is 4.51. The molecule has 2 aliphatic rings. The zero-order chi connectivity index (χ0) is 7.73. The molecule has 62 valence electrons. The summed E-state index contributed by atoms with van der Waals surface area (Å²) in [7, 11) is 0. The Labute approximate surface area is 67.6 Å².